The minimum absolute atomic E-state index is 0.312. The number of benzene rings is 1. The van der Waals surface area contributed by atoms with Crippen molar-refractivity contribution in [3.05, 3.63) is 59.9 Å². The normalized spacial score (nSPS) is 11.7. The highest BCUT2D eigenvalue weighted by molar-refractivity contribution is 5.94. The molecule has 0 atom stereocenters. The molecule has 0 saturated heterocycles. The summed E-state index contributed by atoms with van der Waals surface area (Å²) in [6, 6.07) is 15.0. The van der Waals surface area contributed by atoms with Crippen LogP contribution in [0.25, 0.3) is 27.7 Å². The Labute approximate surface area is 121 Å². The molecule has 3 aromatic heterocycles. The highest BCUT2D eigenvalue weighted by Crippen LogP contribution is 2.38. The van der Waals surface area contributed by atoms with E-state index in [1.165, 1.54) is 23.2 Å². The third-order valence-corrected chi connectivity index (χ3v) is 4.13. The summed E-state index contributed by atoms with van der Waals surface area (Å²) in [6.07, 6.45) is 0.874. The molecule has 0 radical (unpaired) electrons. The first-order valence-corrected chi connectivity index (χ1v) is 7.04. The summed E-state index contributed by atoms with van der Waals surface area (Å²) in [5.41, 5.74) is 6.46. The van der Waals surface area contributed by atoms with Gasteiger partial charge in [0.1, 0.15) is 0 Å². The van der Waals surface area contributed by atoms with Crippen LogP contribution in [0.15, 0.2) is 48.5 Å². The number of phenolic OH excluding ortho intramolecular Hbond substituents is 1. The number of aryl methyl sites for hydroxylation is 1. The Bertz CT molecular complexity index is 954. The average molecular weight is 279 g/mol. The predicted molar refractivity (Wildman–Crippen MR) is 82.5 cm³/mol. The Morgan fingerprint density at radius 1 is 1.05 bits per heavy atom. The van der Waals surface area contributed by atoms with Gasteiger partial charge in [-0.15, -0.1) is 0 Å². The fraction of sp³-hybridized carbons (Fsp3) is 0.111. The van der Waals surface area contributed by atoms with E-state index < -0.39 is 5.82 Å². The van der Waals surface area contributed by atoms with Gasteiger partial charge in [0.15, 0.2) is 11.6 Å². The molecule has 0 unspecified atom stereocenters. The van der Waals surface area contributed by atoms with Crippen molar-refractivity contribution in [2.75, 3.05) is 0 Å². The SMILES string of the molecule is CCc1c(-c2ccc(O)c(F)c2)c2ccc3cccc1n32. The summed E-state index contributed by atoms with van der Waals surface area (Å²) in [5.74, 6) is -0.896. The molecule has 0 aliphatic heterocycles. The molecule has 3 heteroatoms. The van der Waals surface area contributed by atoms with Gasteiger partial charge in [-0.3, -0.25) is 0 Å². The number of phenols is 1. The van der Waals surface area contributed by atoms with Crippen molar-refractivity contribution in [2.24, 2.45) is 0 Å². The number of nitrogens with zero attached hydrogens (tertiary/aromatic N) is 1. The van der Waals surface area contributed by atoms with E-state index in [0.717, 1.165) is 28.6 Å². The standard InChI is InChI=1S/C18H14FNO/c1-2-13-15-5-3-4-12-7-8-16(20(12)15)18(13)11-6-9-17(21)14(19)10-11/h3-10,21H,2H2,1H3. The van der Waals surface area contributed by atoms with E-state index in [9.17, 15) is 9.50 Å². The van der Waals surface area contributed by atoms with Crippen LogP contribution in [-0.4, -0.2) is 9.51 Å². The molecule has 0 bridgehead atoms. The van der Waals surface area contributed by atoms with Crippen LogP contribution < -0.4 is 0 Å². The summed E-state index contributed by atoms with van der Waals surface area (Å²) in [6.45, 7) is 2.11. The fourth-order valence-electron chi connectivity index (χ4n) is 3.22. The lowest BCUT2D eigenvalue weighted by molar-refractivity contribution is 0.432. The predicted octanol–water partition coefficient (Wildman–Crippen LogP) is 4.60. The van der Waals surface area contributed by atoms with Gasteiger partial charge in [-0.2, -0.15) is 0 Å². The van der Waals surface area contributed by atoms with E-state index in [2.05, 4.69) is 35.6 Å². The number of rotatable bonds is 2. The van der Waals surface area contributed by atoms with Crippen molar-refractivity contribution in [1.29, 1.82) is 0 Å². The van der Waals surface area contributed by atoms with Gasteiger partial charge < -0.3 is 9.51 Å². The van der Waals surface area contributed by atoms with E-state index >= 15 is 0 Å². The quantitative estimate of drug-likeness (QED) is 0.569. The Kier molecular flexibility index (Phi) is 2.45. The van der Waals surface area contributed by atoms with E-state index in [1.54, 1.807) is 6.07 Å². The molecule has 21 heavy (non-hydrogen) atoms. The molecule has 4 aromatic rings. The van der Waals surface area contributed by atoms with Crippen molar-refractivity contribution in [3.8, 4) is 16.9 Å². The molecule has 0 amide bonds. The molecule has 1 aromatic carbocycles. The second-order valence-corrected chi connectivity index (χ2v) is 5.26. The van der Waals surface area contributed by atoms with Gasteiger partial charge in [0.25, 0.3) is 0 Å². The molecule has 4 rings (SSSR count). The Morgan fingerprint density at radius 2 is 1.90 bits per heavy atom. The molecule has 0 saturated carbocycles. The highest BCUT2D eigenvalue weighted by atomic mass is 19.1. The molecule has 1 N–H and O–H groups in total. The summed E-state index contributed by atoms with van der Waals surface area (Å²) in [7, 11) is 0. The van der Waals surface area contributed by atoms with Crippen LogP contribution in [0.3, 0.4) is 0 Å². The van der Waals surface area contributed by atoms with E-state index in [4.69, 9.17) is 0 Å². The number of hydrogen-bond donors (Lipinski definition) is 1. The van der Waals surface area contributed by atoms with Crippen molar-refractivity contribution in [3.63, 3.8) is 0 Å². The monoisotopic (exact) mass is 279 g/mol. The molecule has 3 heterocycles. The molecule has 0 aliphatic rings. The van der Waals surface area contributed by atoms with Crippen LogP contribution in [0.1, 0.15) is 12.5 Å². The van der Waals surface area contributed by atoms with Gasteiger partial charge in [-0.05, 0) is 53.9 Å². The van der Waals surface area contributed by atoms with Crippen LogP contribution in [0.2, 0.25) is 0 Å². The first kappa shape index (κ1) is 12.2. The maximum Gasteiger partial charge on any atom is 0.165 e. The number of aromatic nitrogens is 1. The van der Waals surface area contributed by atoms with E-state index in [-0.39, 0.29) is 5.75 Å². The molecule has 0 fully saturated rings. The Hall–Kier alpha value is -2.55. The maximum atomic E-state index is 13.7. The lowest BCUT2D eigenvalue weighted by atomic mass is 9.99. The smallest absolute Gasteiger partial charge is 0.165 e. The Balaban J connectivity index is 2.13. The topological polar surface area (TPSA) is 24.6 Å². The van der Waals surface area contributed by atoms with Gasteiger partial charge >= 0.3 is 0 Å². The molecular formula is C18H14FNO. The highest BCUT2D eigenvalue weighted by Gasteiger charge is 2.18. The third kappa shape index (κ3) is 1.57. The van der Waals surface area contributed by atoms with E-state index in [0.29, 0.717) is 0 Å². The van der Waals surface area contributed by atoms with E-state index in [1.807, 2.05) is 6.07 Å². The van der Waals surface area contributed by atoms with Gasteiger partial charge in [0, 0.05) is 11.1 Å². The minimum Gasteiger partial charge on any atom is -0.505 e. The van der Waals surface area contributed by atoms with Gasteiger partial charge in [-0.25, -0.2) is 4.39 Å². The second-order valence-electron chi connectivity index (χ2n) is 5.26. The molecule has 2 nitrogen and oxygen atoms in total. The zero-order valence-corrected chi connectivity index (χ0v) is 11.6. The third-order valence-electron chi connectivity index (χ3n) is 4.13. The number of pyridine rings is 1. The minimum atomic E-state index is -0.584. The number of halogens is 1. The summed E-state index contributed by atoms with van der Waals surface area (Å²) in [5, 5.41) is 9.40. The average Bonchev–Trinajstić information content (AvgIpc) is 3.05. The van der Waals surface area contributed by atoms with Crippen LogP contribution in [-0.2, 0) is 6.42 Å². The first-order chi connectivity index (χ1) is 10.2. The zero-order chi connectivity index (χ0) is 14.6. The lowest BCUT2D eigenvalue weighted by Gasteiger charge is -2.05. The van der Waals surface area contributed by atoms with Gasteiger partial charge in [0.2, 0.25) is 0 Å². The van der Waals surface area contributed by atoms with Crippen LogP contribution in [0, 0.1) is 5.82 Å². The van der Waals surface area contributed by atoms with Crippen molar-refractivity contribution in [1.82, 2.24) is 4.40 Å². The van der Waals surface area contributed by atoms with Gasteiger partial charge in [-0.1, -0.05) is 19.1 Å². The van der Waals surface area contributed by atoms with Gasteiger partial charge in [0.05, 0.1) is 11.0 Å². The molecular weight excluding hydrogens is 265 g/mol. The maximum absolute atomic E-state index is 13.7. The molecule has 0 aliphatic carbocycles. The lowest BCUT2D eigenvalue weighted by Crippen LogP contribution is -1.86. The van der Waals surface area contributed by atoms with Crippen molar-refractivity contribution in [2.45, 2.75) is 13.3 Å². The fourth-order valence-corrected chi connectivity index (χ4v) is 3.22. The zero-order valence-electron chi connectivity index (χ0n) is 11.6. The van der Waals surface area contributed by atoms with Crippen molar-refractivity contribution >= 4 is 16.6 Å². The Morgan fingerprint density at radius 3 is 2.67 bits per heavy atom. The summed E-state index contributed by atoms with van der Waals surface area (Å²) in [4.78, 5) is 0. The largest absolute Gasteiger partial charge is 0.505 e. The first-order valence-electron chi connectivity index (χ1n) is 7.04. The molecule has 0 spiro atoms. The number of hydrogen-bond acceptors (Lipinski definition) is 1. The van der Waals surface area contributed by atoms with Crippen LogP contribution in [0.4, 0.5) is 4.39 Å². The van der Waals surface area contributed by atoms with Crippen LogP contribution >= 0.6 is 0 Å². The number of aromatic hydroxyl groups is 1. The van der Waals surface area contributed by atoms with Crippen LogP contribution in [0.5, 0.6) is 5.75 Å². The summed E-state index contributed by atoms with van der Waals surface area (Å²) >= 11 is 0. The van der Waals surface area contributed by atoms with Crippen molar-refractivity contribution < 1.29 is 9.50 Å². The molecule has 104 valence electrons. The second kappa shape index (κ2) is 4.22. The summed E-state index contributed by atoms with van der Waals surface area (Å²) < 4.78 is 15.9.